The van der Waals surface area contributed by atoms with E-state index < -0.39 is 11.6 Å². The molecule has 0 saturated heterocycles. The highest BCUT2D eigenvalue weighted by atomic mass is 19.1. The van der Waals surface area contributed by atoms with Crippen LogP contribution in [-0.2, 0) is 6.54 Å². The van der Waals surface area contributed by atoms with Crippen LogP contribution in [-0.4, -0.2) is 15.8 Å². The van der Waals surface area contributed by atoms with Crippen molar-refractivity contribution in [3.8, 4) is 5.69 Å². The normalized spacial score (nSPS) is 14.9. The molecule has 0 aliphatic heterocycles. The van der Waals surface area contributed by atoms with Crippen LogP contribution in [0.2, 0.25) is 0 Å². The van der Waals surface area contributed by atoms with Crippen molar-refractivity contribution in [3.05, 3.63) is 47.3 Å². The molecule has 0 radical (unpaired) electrons. The SMILES string of the molecule is Cc1c(CNC2CC2)cnn1-c1ccc(F)cc1F. The Bertz CT molecular complexity index is 603. The standard InChI is InChI=1S/C14H15F2N3/c1-9-10(7-17-12-3-4-12)8-18-19(9)14-5-2-11(15)6-13(14)16/h2,5-6,8,12,17H,3-4,7H2,1H3. The summed E-state index contributed by atoms with van der Waals surface area (Å²) >= 11 is 0. The van der Waals surface area contributed by atoms with E-state index in [4.69, 9.17) is 0 Å². The first kappa shape index (κ1) is 12.3. The predicted molar refractivity (Wildman–Crippen MR) is 68.1 cm³/mol. The molecule has 100 valence electrons. The van der Waals surface area contributed by atoms with Crippen LogP contribution in [0.1, 0.15) is 24.1 Å². The van der Waals surface area contributed by atoms with Crippen molar-refractivity contribution in [1.29, 1.82) is 0 Å². The fraction of sp³-hybridized carbons (Fsp3) is 0.357. The zero-order valence-electron chi connectivity index (χ0n) is 10.7. The molecule has 1 fully saturated rings. The fourth-order valence-corrected chi connectivity index (χ4v) is 2.05. The Morgan fingerprint density at radius 1 is 1.37 bits per heavy atom. The average molecular weight is 263 g/mol. The lowest BCUT2D eigenvalue weighted by Gasteiger charge is -2.07. The molecule has 3 nitrogen and oxygen atoms in total. The van der Waals surface area contributed by atoms with Gasteiger partial charge in [0.05, 0.1) is 6.20 Å². The maximum atomic E-state index is 13.7. The molecule has 0 atom stereocenters. The van der Waals surface area contributed by atoms with Gasteiger partial charge in [-0.3, -0.25) is 0 Å². The third-order valence-electron chi connectivity index (χ3n) is 3.41. The first-order valence-electron chi connectivity index (χ1n) is 6.37. The molecule has 1 heterocycles. The lowest BCUT2D eigenvalue weighted by Crippen LogP contribution is -2.15. The van der Waals surface area contributed by atoms with Gasteiger partial charge in [0, 0.05) is 29.9 Å². The van der Waals surface area contributed by atoms with Crippen molar-refractivity contribution in [1.82, 2.24) is 15.1 Å². The Hall–Kier alpha value is -1.75. The second kappa shape index (κ2) is 4.74. The van der Waals surface area contributed by atoms with Gasteiger partial charge in [-0.15, -0.1) is 0 Å². The van der Waals surface area contributed by atoms with Crippen LogP contribution in [0.3, 0.4) is 0 Å². The fourth-order valence-electron chi connectivity index (χ4n) is 2.05. The first-order valence-corrected chi connectivity index (χ1v) is 6.37. The summed E-state index contributed by atoms with van der Waals surface area (Å²) in [6.07, 6.45) is 4.17. The summed E-state index contributed by atoms with van der Waals surface area (Å²) in [6, 6.07) is 4.13. The van der Waals surface area contributed by atoms with Gasteiger partial charge in [-0.1, -0.05) is 0 Å². The Balaban J connectivity index is 1.87. The van der Waals surface area contributed by atoms with Crippen LogP contribution in [0.15, 0.2) is 24.4 Å². The minimum atomic E-state index is -0.604. The molecule has 5 heteroatoms. The Morgan fingerprint density at radius 3 is 2.84 bits per heavy atom. The van der Waals surface area contributed by atoms with E-state index in [0.717, 1.165) is 23.9 Å². The minimum Gasteiger partial charge on any atom is -0.310 e. The van der Waals surface area contributed by atoms with Crippen molar-refractivity contribution < 1.29 is 8.78 Å². The van der Waals surface area contributed by atoms with E-state index in [2.05, 4.69) is 10.4 Å². The number of aromatic nitrogens is 2. The molecular formula is C14H15F2N3. The molecule has 1 N–H and O–H groups in total. The summed E-state index contributed by atoms with van der Waals surface area (Å²) in [5, 5.41) is 7.58. The minimum absolute atomic E-state index is 0.275. The van der Waals surface area contributed by atoms with E-state index in [9.17, 15) is 8.78 Å². The topological polar surface area (TPSA) is 29.9 Å². The Kier molecular flexibility index (Phi) is 3.06. The molecule has 2 aromatic rings. The maximum Gasteiger partial charge on any atom is 0.151 e. The molecule has 1 aromatic heterocycles. The van der Waals surface area contributed by atoms with Crippen LogP contribution in [0, 0.1) is 18.6 Å². The van der Waals surface area contributed by atoms with Crippen molar-refractivity contribution in [2.24, 2.45) is 0 Å². The quantitative estimate of drug-likeness (QED) is 0.919. The van der Waals surface area contributed by atoms with Crippen molar-refractivity contribution in [2.45, 2.75) is 32.4 Å². The molecular weight excluding hydrogens is 248 g/mol. The second-order valence-corrected chi connectivity index (χ2v) is 4.92. The van der Waals surface area contributed by atoms with Crippen molar-refractivity contribution >= 4 is 0 Å². The van der Waals surface area contributed by atoms with Gasteiger partial charge in [-0.05, 0) is 31.9 Å². The molecule has 19 heavy (non-hydrogen) atoms. The molecule has 0 amide bonds. The molecule has 0 bridgehead atoms. The number of hydrogen-bond acceptors (Lipinski definition) is 2. The van der Waals surface area contributed by atoms with Gasteiger partial charge < -0.3 is 5.32 Å². The molecule has 1 saturated carbocycles. The van der Waals surface area contributed by atoms with E-state index >= 15 is 0 Å². The van der Waals surface area contributed by atoms with Gasteiger partial charge in [0.1, 0.15) is 11.5 Å². The van der Waals surface area contributed by atoms with E-state index in [1.807, 2.05) is 6.92 Å². The van der Waals surface area contributed by atoms with Crippen LogP contribution >= 0.6 is 0 Å². The van der Waals surface area contributed by atoms with Crippen molar-refractivity contribution in [3.63, 3.8) is 0 Å². The van der Waals surface area contributed by atoms with Crippen LogP contribution in [0.4, 0.5) is 8.78 Å². The highest BCUT2D eigenvalue weighted by molar-refractivity contribution is 5.36. The molecule has 1 aromatic carbocycles. The molecule has 1 aliphatic carbocycles. The monoisotopic (exact) mass is 263 g/mol. The molecule has 0 spiro atoms. The zero-order chi connectivity index (χ0) is 13.4. The number of benzene rings is 1. The smallest absolute Gasteiger partial charge is 0.151 e. The van der Waals surface area contributed by atoms with E-state index in [1.54, 1.807) is 6.20 Å². The summed E-state index contributed by atoms with van der Waals surface area (Å²) in [5.74, 6) is -1.19. The lowest BCUT2D eigenvalue weighted by atomic mass is 10.2. The molecule has 1 aliphatic rings. The van der Waals surface area contributed by atoms with Crippen molar-refractivity contribution in [2.75, 3.05) is 0 Å². The average Bonchev–Trinajstić information content (AvgIpc) is 3.13. The number of nitrogens with one attached hydrogen (secondary N) is 1. The first-order chi connectivity index (χ1) is 9.15. The van der Waals surface area contributed by atoms with Gasteiger partial charge in [-0.25, -0.2) is 13.5 Å². The van der Waals surface area contributed by atoms with E-state index in [1.165, 1.54) is 29.7 Å². The van der Waals surface area contributed by atoms with E-state index in [0.29, 0.717) is 6.04 Å². The van der Waals surface area contributed by atoms with Gasteiger partial charge in [0.15, 0.2) is 5.82 Å². The number of nitrogens with zero attached hydrogens (tertiary/aromatic N) is 2. The van der Waals surface area contributed by atoms with Crippen LogP contribution in [0.25, 0.3) is 5.69 Å². The molecule has 3 rings (SSSR count). The van der Waals surface area contributed by atoms with Gasteiger partial charge >= 0.3 is 0 Å². The zero-order valence-corrected chi connectivity index (χ0v) is 10.7. The summed E-state index contributed by atoms with van der Waals surface area (Å²) in [6.45, 7) is 2.62. The highest BCUT2D eigenvalue weighted by Gasteiger charge is 2.21. The van der Waals surface area contributed by atoms with Crippen LogP contribution < -0.4 is 5.32 Å². The summed E-state index contributed by atoms with van der Waals surface area (Å²) in [7, 11) is 0. The third-order valence-corrected chi connectivity index (χ3v) is 3.41. The number of halogens is 2. The molecule has 0 unspecified atom stereocenters. The summed E-state index contributed by atoms with van der Waals surface area (Å²) in [5.41, 5.74) is 2.19. The van der Waals surface area contributed by atoms with Gasteiger partial charge in [0.2, 0.25) is 0 Å². The predicted octanol–water partition coefficient (Wildman–Crippen LogP) is 2.71. The maximum absolute atomic E-state index is 13.7. The number of hydrogen-bond donors (Lipinski definition) is 1. The van der Waals surface area contributed by atoms with Gasteiger partial charge in [0.25, 0.3) is 0 Å². The largest absolute Gasteiger partial charge is 0.310 e. The lowest BCUT2D eigenvalue weighted by molar-refractivity contribution is 0.572. The number of rotatable bonds is 4. The van der Waals surface area contributed by atoms with Gasteiger partial charge in [-0.2, -0.15) is 5.10 Å². The Morgan fingerprint density at radius 2 is 2.16 bits per heavy atom. The highest BCUT2D eigenvalue weighted by Crippen LogP contribution is 2.21. The van der Waals surface area contributed by atoms with E-state index in [-0.39, 0.29) is 5.69 Å². The summed E-state index contributed by atoms with van der Waals surface area (Å²) < 4.78 is 28.2. The summed E-state index contributed by atoms with van der Waals surface area (Å²) in [4.78, 5) is 0. The second-order valence-electron chi connectivity index (χ2n) is 4.92. The Labute approximate surface area is 110 Å². The third kappa shape index (κ3) is 2.51. The van der Waals surface area contributed by atoms with Crippen LogP contribution in [0.5, 0.6) is 0 Å².